The number of rotatable bonds is 5. The first-order valence-electron chi connectivity index (χ1n) is 5.58. The quantitative estimate of drug-likeness (QED) is 0.632. The molecule has 0 aromatic rings. The van der Waals surface area contributed by atoms with E-state index in [0.717, 1.165) is 13.0 Å². The molecule has 1 fully saturated rings. The van der Waals surface area contributed by atoms with Gasteiger partial charge in [-0.15, -0.1) is 0 Å². The van der Waals surface area contributed by atoms with Crippen LogP contribution >= 0.6 is 0 Å². The van der Waals surface area contributed by atoms with E-state index in [1.54, 1.807) is 0 Å². The van der Waals surface area contributed by atoms with Crippen LogP contribution in [0.5, 0.6) is 0 Å². The standard InChI is InChI=1S/C11H21NO2/c1-3-8-12(9-11(13)14-2)10-6-4-5-7-10/h10H,3-9H2,1-2H3. The minimum absolute atomic E-state index is 0.106. The zero-order valence-corrected chi connectivity index (χ0v) is 9.29. The predicted molar refractivity (Wildman–Crippen MR) is 56.1 cm³/mol. The van der Waals surface area contributed by atoms with E-state index in [4.69, 9.17) is 4.74 Å². The highest BCUT2D eigenvalue weighted by Crippen LogP contribution is 2.23. The minimum Gasteiger partial charge on any atom is -0.468 e. The minimum atomic E-state index is -0.106. The first-order valence-corrected chi connectivity index (χ1v) is 5.58. The molecule has 82 valence electrons. The van der Waals surface area contributed by atoms with Crippen LogP contribution < -0.4 is 0 Å². The van der Waals surface area contributed by atoms with Gasteiger partial charge in [-0.1, -0.05) is 19.8 Å². The van der Waals surface area contributed by atoms with Gasteiger partial charge in [0.2, 0.25) is 0 Å². The zero-order valence-electron chi connectivity index (χ0n) is 9.29. The number of hydrogen-bond acceptors (Lipinski definition) is 3. The molecule has 0 aliphatic heterocycles. The molecule has 0 atom stereocenters. The number of carbonyl (C=O) groups is 1. The van der Waals surface area contributed by atoms with Crippen molar-refractivity contribution in [3.63, 3.8) is 0 Å². The van der Waals surface area contributed by atoms with Gasteiger partial charge >= 0.3 is 5.97 Å². The molecule has 14 heavy (non-hydrogen) atoms. The second-order valence-electron chi connectivity index (χ2n) is 3.98. The molecule has 0 N–H and O–H groups in total. The Balaban J connectivity index is 2.40. The van der Waals surface area contributed by atoms with E-state index in [2.05, 4.69) is 11.8 Å². The second kappa shape index (κ2) is 6.02. The Bertz CT molecular complexity index is 176. The summed E-state index contributed by atoms with van der Waals surface area (Å²) in [4.78, 5) is 13.5. The maximum absolute atomic E-state index is 11.2. The van der Waals surface area contributed by atoms with Crippen LogP contribution in [0.25, 0.3) is 0 Å². The smallest absolute Gasteiger partial charge is 0.319 e. The van der Waals surface area contributed by atoms with Gasteiger partial charge in [0.15, 0.2) is 0 Å². The normalized spacial score (nSPS) is 17.6. The van der Waals surface area contributed by atoms with Crippen molar-refractivity contribution < 1.29 is 9.53 Å². The lowest BCUT2D eigenvalue weighted by atomic mass is 10.2. The third kappa shape index (κ3) is 3.29. The van der Waals surface area contributed by atoms with Crippen molar-refractivity contribution in [1.29, 1.82) is 0 Å². The monoisotopic (exact) mass is 199 g/mol. The van der Waals surface area contributed by atoms with E-state index >= 15 is 0 Å². The average molecular weight is 199 g/mol. The van der Waals surface area contributed by atoms with Crippen LogP contribution in [0.4, 0.5) is 0 Å². The zero-order chi connectivity index (χ0) is 10.4. The molecule has 1 rings (SSSR count). The Morgan fingerprint density at radius 3 is 2.57 bits per heavy atom. The molecule has 3 heteroatoms. The van der Waals surface area contributed by atoms with Gasteiger partial charge in [-0.25, -0.2) is 0 Å². The summed E-state index contributed by atoms with van der Waals surface area (Å²) in [5, 5.41) is 0. The van der Waals surface area contributed by atoms with Gasteiger partial charge in [0.1, 0.15) is 0 Å². The van der Waals surface area contributed by atoms with Crippen molar-refractivity contribution in [3.8, 4) is 0 Å². The van der Waals surface area contributed by atoms with Crippen LogP contribution in [0.3, 0.4) is 0 Å². The maximum Gasteiger partial charge on any atom is 0.319 e. The van der Waals surface area contributed by atoms with Crippen LogP contribution in [0.15, 0.2) is 0 Å². The lowest BCUT2D eigenvalue weighted by Crippen LogP contribution is -2.38. The average Bonchev–Trinajstić information content (AvgIpc) is 2.69. The molecule has 0 aromatic carbocycles. The van der Waals surface area contributed by atoms with E-state index in [1.165, 1.54) is 32.8 Å². The molecular weight excluding hydrogens is 178 g/mol. The van der Waals surface area contributed by atoms with Crippen molar-refractivity contribution in [1.82, 2.24) is 4.90 Å². The summed E-state index contributed by atoms with van der Waals surface area (Å²) in [6.45, 7) is 3.63. The van der Waals surface area contributed by atoms with Gasteiger partial charge < -0.3 is 4.74 Å². The van der Waals surface area contributed by atoms with Crippen molar-refractivity contribution >= 4 is 5.97 Å². The summed E-state index contributed by atoms with van der Waals surface area (Å²) < 4.78 is 4.71. The van der Waals surface area contributed by atoms with E-state index in [9.17, 15) is 4.79 Å². The van der Waals surface area contributed by atoms with Gasteiger partial charge in [0, 0.05) is 6.04 Å². The largest absolute Gasteiger partial charge is 0.468 e. The number of hydrogen-bond donors (Lipinski definition) is 0. The Morgan fingerprint density at radius 1 is 1.43 bits per heavy atom. The molecule has 0 radical (unpaired) electrons. The fourth-order valence-corrected chi connectivity index (χ4v) is 2.18. The van der Waals surface area contributed by atoms with Crippen LogP contribution in [-0.4, -0.2) is 37.1 Å². The Labute approximate surface area is 86.4 Å². The summed E-state index contributed by atoms with van der Waals surface area (Å²) in [6.07, 6.45) is 6.22. The lowest BCUT2D eigenvalue weighted by Gasteiger charge is -2.26. The number of ether oxygens (including phenoxy) is 1. The Morgan fingerprint density at radius 2 is 2.07 bits per heavy atom. The SMILES string of the molecule is CCCN(CC(=O)OC)C1CCCC1. The van der Waals surface area contributed by atoms with E-state index in [0.29, 0.717) is 12.6 Å². The molecule has 3 nitrogen and oxygen atoms in total. The molecule has 1 aliphatic rings. The summed E-state index contributed by atoms with van der Waals surface area (Å²) in [5.74, 6) is -0.106. The first kappa shape index (κ1) is 11.5. The van der Waals surface area contributed by atoms with Crippen molar-refractivity contribution in [2.45, 2.75) is 45.1 Å². The molecular formula is C11H21NO2. The highest BCUT2D eigenvalue weighted by Gasteiger charge is 2.23. The molecule has 0 unspecified atom stereocenters. The molecule has 0 amide bonds. The third-order valence-corrected chi connectivity index (χ3v) is 2.91. The number of carbonyl (C=O) groups excluding carboxylic acids is 1. The fraction of sp³-hybridized carbons (Fsp3) is 0.909. The Kier molecular flexibility index (Phi) is 4.94. The molecule has 1 saturated carbocycles. The molecule has 0 saturated heterocycles. The van der Waals surface area contributed by atoms with Crippen molar-refractivity contribution in [3.05, 3.63) is 0 Å². The third-order valence-electron chi connectivity index (χ3n) is 2.91. The van der Waals surface area contributed by atoms with E-state index < -0.39 is 0 Å². The van der Waals surface area contributed by atoms with Crippen LogP contribution in [-0.2, 0) is 9.53 Å². The van der Waals surface area contributed by atoms with Crippen LogP contribution in [0.1, 0.15) is 39.0 Å². The molecule has 0 spiro atoms. The lowest BCUT2D eigenvalue weighted by molar-refractivity contribution is -0.142. The van der Waals surface area contributed by atoms with Crippen molar-refractivity contribution in [2.24, 2.45) is 0 Å². The van der Waals surface area contributed by atoms with E-state index in [1.807, 2.05) is 0 Å². The highest BCUT2D eigenvalue weighted by atomic mass is 16.5. The summed E-state index contributed by atoms with van der Waals surface area (Å²) >= 11 is 0. The first-order chi connectivity index (χ1) is 6.77. The number of nitrogens with zero attached hydrogens (tertiary/aromatic N) is 1. The fourth-order valence-electron chi connectivity index (χ4n) is 2.18. The summed E-state index contributed by atoms with van der Waals surface area (Å²) in [6, 6.07) is 0.619. The van der Waals surface area contributed by atoms with Gasteiger partial charge in [0.05, 0.1) is 13.7 Å². The molecule has 1 aliphatic carbocycles. The summed E-state index contributed by atoms with van der Waals surface area (Å²) in [5.41, 5.74) is 0. The maximum atomic E-state index is 11.2. The van der Waals surface area contributed by atoms with Gasteiger partial charge in [0.25, 0.3) is 0 Å². The second-order valence-corrected chi connectivity index (χ2v) is 3.98. The molecule has 0 bridgehead atoms. The Hall–Kier alpha value is -0.570. The summed E-state index contributed by atoms with van der Waals surface area (Å²) in [7, 11) is 1.46. The van der Waals surface area contributed by atoms with Gasteiger partial charge in [-0.05, 0) is 25.8 Å². The predicted octanol–water partition coefficient (Wildman–Crippen LogP) is 1.81. The molecule has 0 aromatic heterocycles. The highest BCUT2D eigenvalue weighted by molar-refractivity contribution is 5.71. The van der Waals surface area contributed by atoms with Gasteiger partial charge in [-0.3, -0.25) is 9.69 Å². The number of methoxy groups -OCH3 is 1. The van der Waals surface area contributed by atoms with Crippen LogP contribution in [0, 0.1) is 0 Å². The van der Waals surface area contributed by atoms with Crippen molar-refractivity contribution in [2.75, 3.05) is 20.2 Å². The topological polar surface area (TPSA) is 29.5 Å². The van der Waals surface area contributed by atoms with E-state index in [-0.39, 0.29) is 5.97 Å². The van der Waals surface area contributed by atoms with Crippen LogP contribution in [0.2, 0.25) is 0 Å². The molecule has 0 heterocycles. The van der Waals surface area contributed by atoms with Gasteiger partial charge in [-0.2, -0.15) is 0 Å². The number of esters is 1.